The van der Waals surface area contributed by atoms with E-state index in [4.69, 9.17) is 5.73 Å². The Balaban J connectivity index is 1.99. The van der Waals surface area contributed by atoms with E-state index >= 15 is 0 Å². The summed E-state index contributed by atoms with van der Waals surface area (Å²) in [5.41, 5.74) is 7.05. The number of fused-ring (bicyclic) bond motifs is 1. The van der Waals surface area contributed by atoms with E-state index in [2.05, 4.69) is 5.32 Å². The lowest BCUT2D eigenvalue weighted by Crippen LogP contribution is -2.28. The van der Waals surface area contributed by atoms with Gasteiger partial charge in [0.25, 0.3) is 0 Å². The molecule has 2 aromatic rings. The number of imidazole rings is 1. The fraction of sp³-hybridized carbons (Fsp3) is 0.467. The van der Waals surface area contributed by atoms with Crippen molar-refractivity contribution in [2.24, 2.45) is 12.8 Å². The van der Waals surface area contributed by atoms with Gasteiger partial charge >= 0.3 is 5.69 Å². The fourth-order valence-electron chi connectivity index (χ4n) is 2.38. The zero-order chi connectivity index (χ0) is 15.2. The molecule has 114 valence electrons. The molecule has 2 rings (SSSR count). The number of rotatable bonds is 7. The molecule has 0 bridgehead atoms. The summed E-state index contributed by atoms with van der Waals surface area (Å²) in [6.45, 7) is 1.67. The van der Waals surface area contributed by atoms with Gasteiger partial charge in [0.2, 0.25) is 5.91 Å². The standard InChI is InChI=1S/C15H22N4O2/c1-18-12-6-2-3-7-13(12)19(15(18)21)11-8-14(20)17-10-5-4-9-16/h2-3,6-7H,4-5,8-11,16H2,1H3,(H,17,20). The third-order valence-corrected chi connectivity index (χ3v) is 3.57. The lowest BCUT2D eigenvalue weighted by atomic mass is 10.3. The molecule has 1 heterocycles. The molecule has 0 fully saturated rings. The number of benzene rings is 1. The number of carbonyl (C=O) groups excluding carboxylic acids is 1. The number of nitrogens with one attached hydrogen (secondary N) is 1. The first-order valence-electron chi connectivity index (χ1n) is 7.26. The van der Waals surface area contributed by atoms with Gasteiger partial charge in [-0.15, -0.1) is 0 Å². The van der Waals surface area contributed by atoms with Crippen molar-refractivity contribution in [1.29, 1.82) is 0 Å². The maximum atomic E-state index is 12.2. The normalized spacial score (nSPS) is 11.0. The second kappa shape index (κ2) is 7.08. The Hall–Kier alpha value is -2.08. The SMILES string of the molecule is Cn1c(=O)n(CCC(=O)NCCCCN)c2ccccc21. The Morgan fingerprint density at radius 1 is 1.24 bits per heavy atom. The Bertz CT molecular complexity index is 672. The van der Waals surface area contributed by atoms with Crippen LogP contribution in [0, 0.1) is 0 Å². The van der Waals surface area contributed by atoms with Gasteiger partial charge in [-0.2, -0.15) is 0 Å². The van der Waals surface area contributed by atoms with Gasteiger partial charge in [0.15, 0.2) is 0 Å². The third kappa shape index (κ3) is 3.52. The van der Waals surface area contributed by atoms with Gasteiger partial charge in [0.1, 0.15) is 0 Å². The average Bonchev–Trinajstić information content (AvgIpc) is 2.74. The van der Waals surface area contributed by atoms with Crippen LogP contribution in [0.15, 0.2) is 29.1 Å². The number of aryl methyl sites for hydroxylation is 2. The highest BCUT2D eigenvalue weighted by Gasteiger charge is 2.11. The number of hydrogen-bond acceptors (Lipinski definition) is 3. The summed E-state index contributed by atoms with van der Waals surface area (Å²) < 4.78 is 3.25. The summed E-state index contributed by atoms with van der Waals surface area (Å²) >= 11 is 0. The van der Waals surface area contributed by atoms with Crippen LogP contribution in [-0.4, -0.2) is 28.1 Å². The highest BCUT2D eigenvalue weighted by molar-refractivity contribution is 5.77. The van der Waals surface area contributed by atoms with Crippen LogP contribution in [-0.2, 0) is 18.4 Å². The molecule has 3 N–H and O–H groups in total. The number of nitrogens with zero attached hydrogens (tertiary/aromatic N) is 2. The minimum absolute atomic E-state index is 0.0353. The van der Waals surface area contributed by atoms with Crippen molar-refractivity contribution in [3.63, 3.8) is 0 Å². The molecule has 0 spiro atoms. The van der Waals surface area contributed by atoms with Crippen molar-refractivity contribution in [2.75, 3.05) is 13.1 Å². The molecule has 1 aromatic heterocycles. The van der Waals surface area contributed by atoms with Crippen LogP contribution >= 0.6 is 0 Å². The summed E-state index contributed by atoms with van der Waals surface area (Å²) in [6, 6.07) is 7.59. The molecule has 0 radical (unpaired) electrons. The minimum Gasteiger partial charge on any atom is -0.356 e. The van der Waals surface area contributed by atoms with Gasteiger partial charge in [0.05, 0.1) is 11.0 Å². The molecular weight excluding hydrogens is 268 g/mol. The van der Waals surface area contributed by atoms with Crippen LogP contribution in [0.4, 0.5) is 0 Å². The molecule has 1 aromatic carbocycles. The molecule has 21 heavy (non-hydrogen) atoms. The highest BCUT2D eigenvalue weighted by atomic mass is 16.2. The molecule has 1 amide bonds. The number of aromatic nitrogens is 2. The van der Waals surface area contributed by atoms with Crippen molar-refractivity contribution in [2.45, 2.75) is 25.8 Å². The van der Waals surface area contributed by atoms with E-state index in [1.165, 1.54) is 0 Å². The number of carbonyl (C=O) groups is 1. The molecule has 0 saturated carbocycles. The molecule has 0 saturated heterocycles. The molecule has 0 aliphatic heterocycles. The van der Waals surface area contributed by atoms with Gasteiger partial charge in [-0.05, 0) is 31.5 Å². The zero-order valence-corrected chi connectivity index (χ0v) is 12.3. The van der Waals surface area contributed by atoms with Crippen LogP contribution in [0.25, 0.3) is 11.0 Å². The number of unbranched alkanes of at least 4 members (excludes halogenated alkanes) is 1. The maximum absolute atomic E-state index is 12.2. The first-order valence-corrected chi connectivity index (χ1v) is 7.26. The van der Waals surface area contributed by atoms with Gasteiger partial charge in [-0.3, -0.25) is 13.9 Å². The quantitative estimate of drug-likeness (QED) is 0.732. The maximum Gasteiger partial charge on any atom is 0.328 e. The van der Waals surface area contributed by atoms with E-state index in [0.717, 1.165) is 23.9 Å². The zero-order valence-electron chi connectivity index (χ0n) is 12.3. The summed E-state index contributed by atoms with van der Waals surface area (Å²) in [4.78, 5) is 23.9. The molecule has 0 aliphatic rings. The summed E-state index contributed by atoms with van der Waals surface area (Å²) in [6.07, 6.45) is 2.09. The van der Waals surface area contributed by atoms with E-state index in [1.807, 2.05) is 24.3 Å². The van der Waals surface area contributed by atoms with E-state index < -0.39 is 0 Å². The second-order valence-corrected chi connectivity index (χ2v) is 5.08. The fourth-order valence-corrected chi connectivity index (χ4v) is 2.38. The Labute approximate surface area is 123 Å². The predicted molar refractivity (Wildman–Crippen MR) is 83.1 cm³/mol. The molecule has 0 aliphatic carbocycles. The van der Waals surface area contributed by atoms with E-state index in [9.17, 15) is 9.59 Å². The first-order chi connectivity index (χ1) is 10.1. The average molecular weight is 290 g/mol. The molecular formula is C15H22N4O2. The Morgan fingerprint density at radius 2 is 1.95 bits per heavy atom. The van der Waals surface area contributed by atoms with Crippen LogP contribution in [0.5, 0.6) is 0 Å². The molecule has 0 atom stereocenters. The summed E-state index contributed by atoms with van der Waals surface area (Å²) in [5, 5.41) is 2.85. The summed E-state index contributed by atoms with van der Waals surface area (Å²) in [7, 11) is 1.74. The first kappa shape index (κ1) is 15.3. The van der Waals surface area contributed by atoms with Gasteiger partial charge in [-0.25, -0.2) is 4.79 Å². The highest BCUT2D eigenvalue weighted by Crippen LogP contribution is 2.11. The van der Waals surface area contributed by atoms with Crippen LogP contribution < -0.4 is 16.7 Å². The van der Waals surface area contributed by atoms with Crippen LogP contribution in [0.2, 0.25) is 0 Å². The van der Waals surface area contributed by atoms with Crippen LogP contribution in [0.3, 0.4) is 0 Å². The number of nitrogens with two attached hydrogens (primary N) is 1. The number of amides is 1. The lowest BCUT2D eigenvalue weighted by molar-refractivity contribution is -0.121. The van der Waals surface area contributed by atoms with Gasteiger partial charge in [0, 0.05) is 26.6 Å². The lowest BCUT2D eigenvalue weighted by Gasteiger charge is -2.05. The summed E-state index contributed by atoms with van der Waals surface area (Å²) in [5.74, 6) is -0.0353. The minimum atomic E-state index is -0.0906. The van der Waals surface area contributed by atoms with E-state index in [-0.39, 0.29) is 11.6 Å². The van der Waals surface area contributed by atoms with Gasteiger partial charge in [-0.1, -0.05) is 12.1 Å². The van der Waals surface area contributed by atoms with Crippen molar-refractivity contribution in [1.82, 2.24) is 14.5 Å². The van der Waals surface area contributed by atoms with E-state index in [1.54, 1.807) is 16.2 Å². The Kier molecular flexibility index (Phi) is 5.16. The second-order valence-electron chi connectivity index (χ2n) is 5.08. The topological polar surface area (TPSA) is 82.0 Å². The molecule has 6 heteroatoms. The monoisotopic (exact) mass is 290 g/mol. The Morgan fingerprint density at radius 3 is 2.67 bits per heavy atom. The van der Waals surface area contributed by atoms with Crippen LogP contribution in [0.1, 0.15) is 19.3 Å². The van der Waals surface area contributed by atoms with Crippen molar-refractivity contribution >= 4 is 16.9 Å². The smallest absolute Gasteiger partial charge is 0.328 e. The van der Waals surface area contributed by atoms with Crippen molar-refractivity contribution in [3.05, 3.63) is 34.7 Å². The third-order valence-electron chi connectivity index (χ3n) is 3.57. The van der Waals surface area contributed by atoms with E-state index in [0.29, 0.717) is 26.1 Å². The van der Waals surface area contributed by atoms with Crippen molar-refractivity contribution in [3.8, 4) is 0 Å². The van der Waals surface area contributed by atoms with Crippen molar-refractivity contribution < 1.29 is 4.79 Å². The molecule has 0 unspecified atom stereocenters. The molecule has 6 nitrogen and oxygen atoms in total. The number of para-hydroxylation sites is 2. The number of hydrogen-bond donors (Lipinski definition) is 2. The van der Waals surface area contributed by atoms with Gasteiger partial charge < -0.3 is 11.1 Å². The predicted octanol–water partition coefficient (Wildman–Crippen LogP) is 0.585. The largest absolute Gasteiger partial charge is 0.356 e.